The normalized spacial score (nSPS) is 21.0. The Labute approximate surface area is 164 Å². The summed E-state index contributed by atoms with van der Waals surface area (Å²) in [6.07, 6.45) is 0.392. The summed E-state index contributed by atoms with van der Waals surface area (Å²) in [5.74, 6) is 1.44. The third-order valence-electron chi connectivity index (χ3n) is 5.19. The smallest absolute Gasteiger partial charge is 0.325 e. The van der Waals surface area contributed by atoms with Crippen molar-refractivity contribution in [2.24, 2.45) is 0 Å². The number of hydrogen-bond donors (Lipinski definition) is 1. The highest BCUT2D eigenvalue weighted by Crippen LogP contribution is 2.41. The number of nitrogens with one attached hydrogen (secondary N) is 1. The van der Waals surface area contributed by atoms with Gasteiger partial charge in [-0.3, -0.25) is 9.69 Å². The molecule has 8 heteroatoms. The van der Waals surface area contributed by atoms with Gasteiger partial charge in [0.15, 0.2) is 5.54 Å². The van der Waals surface area contributed by atoms with Crippen molar-refractivity contribution in [1.29, 1.82) is 0 Å². The van der Waals surface area contributed by atoms with Gasteiger partial charge < -0.3 is 14.5 Å². The van der Waals surface area contributed by atoms with Gasteiger partial charge in [0.2, 0.25) is 5.89 Å². The Bertz CT molecular complexity index is 1080. The van der Waals surface area contributed by atoms with E-state index < -0.39 is 11.6 Å². The van der Waals surface area contributed by atoms with Gasteiger partial charge >= 0.3 is 6.03 Å². The first-order valence-corrected chi connectivity index (χ1v) is 9.83. The largest absolute Gasteiger partial charge is 0.493 e. The highest BCUT2D eigenvalue weighted by atomic mass is 32.1. The number of nitrogens with zero attached hydrogens (tertiary/aromatic N) is 2. The molecule has 142 valence electrons. The molecule has 1 aromatic carbocycles. The van der Waals surface area contributed by atoms with Gasteiger partial charge in [0.05, 0.1) is 18.0 Å². The maximum Gasteiger partial charge on any atom is 0.325 e. The van der Waals surface area contributed by atoms with Crippen LogP contribution in [0.3, 0.4) is 0 Å². The van der Waals surface area contributed by atoms with Crippen molar-refractivity contribution in [3.63, 3.8) is 0 Å². The summed E-state index contributed by atoms with van der Waals surface area (Å²) in [4.78, 5) is 32.7. The molecule has 0 aliphatic carbocycles. The minimum atomic E-state index is -1.08. The quantitative estimate of drug-likeness (QED) is 0.687. The average molecular weight is 395 g/mol. The number of thiophene rings is 1. The first-order valence-electron chi connectivity index (χ1n) is 8.95. The van der Waals surface area contributed by atoms with Crippen LogP contribution in [0.5, 0.6) is 5.75 Å². The number of aromatic nitrogens is 1. The molecular weight excluding hydrogens is 378 g/mol. The van der Waals surface area contributed by atoms with Crippen molar-refractivity contribution in [1.82, 2.24) is 15.2 Å². The molecule has 1 N–H and O–H groups in total. The fourth-order valence-electron chi connectivity index (χ4n) is 3.75. The van der Waals surface area contributed by atoms with E-state index >= 15 is 0 Å². The van der Waals surface area contributed by atoms with Crippen LogP contribution >= 0.6 is 11.3 Å². The standard InChI is InChI=1S/C20H17N3O4S/c1-12-14(21-17(27-12)16-7-4-10-28-16)11-23-18(24)20(22-19(23)25)8-9-26-15-6-3-2-5-13(15)20/h2-7,10H,8-9,11H2,1H3,(H,22,25)/t20-/m1/s1. The Morgan fingerprint density at radius 3 is 2.93 bits per heavy atom. The first-order chi connectivity index (χ1) is 13.6. The lowest BCUT2D eigenvalue weighted by molar-refractivity contribution is -0.133. The van der Waals surface area contributed by atoms with Crippen LogP contribution in [0.2, 0.25) is 0 Å². The summed E-state index contributed by atoms with van der Waals surface area (Å²) < 4.78 is 11.4. The van der Waals surface area contributed by atoms with Crippen LogP contribution in [0, 0.1) is 6.92 Å². The van der Waals surface area contributed by atoms with E-state index in [-0.39, 0.29) is 12.5 Å². The molecular formula is C20H17N3O4S. The fraction of sp³-hybridized carbons (Fsp3) is 0.250. The Balaban J connectivity index is 1.47. The molecule has 0 radical (unpaired) electrons. The molecule has 5 rings (SSSR count). The number of carbonyl (C=O) groups excluding carboxylic acids is 2. The van der Waals surface area contributed by atoms with Crippen LogP contribution in [-0.4, -0.2) is 28.4 Å². The van der Waals surface area contributed by atoms with Gasteiger partial charge in [0.1, 0.15) is 17.2 Å². The number of para-hydroxylation sites is 1. The van der Waals surface area contributed by atoms with Crippen molar-refractivity contribution in [3.05, 3.63) is 58.8 Å². The number of amides is 3. The Morgan fingerprint density at radius 2 is 2.11 bits per heavy atom. The maximum absolute atomic E-state index is 13.3. The summed E-state index contributed by atoms with van der Waals surface area (Å²) in [6.45, 7) is 2.22. The maximum atomic E-state index is 13.3. The summed E-state index contributed by atoms with van der Waals surface area (Å²) in [6, 6.07) is 10.7. The van der Waals surface area contributed by atoms with Gasteiger partial charge in [0.25, 0.3) is 5.91 Å². The number of rotatable bonds is 3. The lowest BCUT2D eigenvalue weighted by Gasteiger charge is -2.33. The molecule has 0 bridgehead atoms. The SMILES string of the molecule is Cc1oc(-c2cccs2)nc1CN1C(=O)N[C@@]2(CCOc3ccccc32)C1=O. The number of oxazole rings is 1. The van der Waals surface area contributed by atoms with Crippen LogP contribution in [0.1, 0.15) is 23.4 Å². The molecule has 3 aromatic rings. The molecule has 4 heterocycles. The van der Waals surface area contributed by atoms with Gasteiger partial charge in [-0.2, -0.15) is 0 Å². The zero-order valence-corrected chi connectivity index (χ0v) is 15.9. The number of urea groups is 1. The minimum absolute atomic E-state index is 0.0656. The molecule has 28 heavy (non-hydrogen) atoms. The van der Waals surface area contributed by atoms with Gasteiger partial charge in [0, 0.05) is 12.0 Å². The second-order valence-corrected chi connectivity index (χ2v) is 7.77. The zero-order chi connectivity index (χ0) is 19.3. The van der Waals surface area contributed by atoms with Crippen molar-refractivity contribution >= 4 is 23.3 Å². The summed E-state index contributed by atoms with van der Waals surface area (Å²) >= 11 is 1.52. The van der Waals surface area contributed by atoms with Crippen LogP contribution in [-0.2, 0) is 16.9 Å². The molecule has 2 aliphatic heterocycles. The zero-order valence-electron chi connectivity index (χ0n) is 15.1. The molecule has 2 aliphatic rings. The number of hydrogen-bond acceptors (Lipinski definition) is 6. The van der Waals surface area contributed by atoms with Crippen LogP contribution in [0.4, 0.5) is 4.79 Å². The second-order valence-electron chi connectivity index (χ2n) is 6.82. The van der Waals surface area contributed by atoms with Crippen molar-refractivity contribution in [2.45, 2.75) is 25.4 Å². The Morgan fingerprint density at radius 1 is 1.25 bits per heavy atom. The van der Waals surface area contributed by atoms with Gasteiger partial charge in [-0.15, -0.1) is 11.3 Å². The number of benzene rings is 1. The monoisotopic (exact) mass is 395 g/mol. The van der Waals surface area contributed by atoms with E-state index in [1.807, 2.05) is 41.8 Å². The van der Waals surface area contributed by atoms with E-state index in [9.17, 15) is 9.59 Å². The molecule has 1 saturated heterocycles. The molecule has 1 spiro atoms. The summed E-state index contributed by atoms with van der Waals surface area (Å²) in [5, 5.41) is 4.84. The number of fused-ring (bicyclic) bond motifs is 2. The predicted octanol–water partition coefficient (Wildman–Crippen LogP) is 3.44. The summed E-state index contributed by atoms with van der Waals surface area (Å²) in [5.41, 5.74) is 0.183. The third kappa shape index (κ3) is 2.45. The average Bonchev–Trinajstić information content (AvgIpc) is 3.40. The van der Waals surface area contributed by atoms with E-state index in [2.05, 4.69) is 10.3 Å². The number of ether oxygens (including phenoxy) is 1. The second kappa shape index (κ2) is 6.20. The topological polar surface area (TPSA) is 84.7 Å². The first kappa shape index (κ1) is 17.0. The van der Waals surface area contributed by atoms with Crippen molar-refractivity contribution in [2.75, 3.05) is 6.61 Å². The van der Waals surface area contributed by atoms with E-state index in [0.717, 1.165) is 4.88 Å². The van der Waals surface area contributed by atoms with E-state index in [0.29, 0.717) is 41.7 Å². The third-order valence-corrected chi connectivity index (χ3v) is 6.05. The minimum Gasteiger partial charge on any atom is -0.493 e. The van der Waals surface area contributed by atoms with Crippen molar-refractivity contribution in [3.8, 4) is 16.5 Å². The van der Waals surface area contributed by atoms with Crippen molar-refractivity contribution < 1.29 is 18.7 Å². The van der Waals surface area contributed by atoms with Crippen LogP contribution < -0.4 is 10.1 Å². The van der Waals surface area contributed by atoms with Crippen LogP contribution in [0.15, 0.2) is 46.2 Å². The highest BCUT2D eigenvalue weighted by Gasteiger charge is 2.55. The summed E-state index contributed by atoms with van der Waals surface area (Å²) in [7, 11) is 0. The highest BCUT2D eigenvalue weighted by molar-refractivity contribution is 7.13. The van der Waals surface area contributed by atoms with Gasteiger partial charge in [-0.1, -0.05) is 24.3 Å². The molecule has 7 nitrogen and oxygen atoms in total. The number of imide groups is 1. The molecule has 0 unspecified atom stereocenters. The number of carbonyl (C=O) groups is 2. The molecule has 1 fully saturated rings. The number of aryl methyl sites for hydroxylation is 1. The lowest BCUT2D eigenvalue weighted by atomic mass is 9.84. The Hall–Kier alpha value is -3.13. The molecule has 1 atom stereocenters. The lowest BCUT2D eigenvalue weighted by Crippen LogP contribution is -2.47. The fourth-order valence-corrected chi connectivity index (χ4v) is 4.39. The van der Waals surface area contributed by atoms with E-state index in [1.54, 1.807) is 6.92 Å². The van der Waals surface area contributed by atoms with Gasteiger partial charge in [-0.05, 0) is 24.4 Å². The predicted molar refractivity (Wildman–Crippen MR) is 102 cm³/mol. The Kier molecular flexibility index (Phi) is 3.77. The van der Waals surface area contributed by atoms with E-state index in [1.165, 1.54) is 16.2 Å². The van der Waals surface area contributed by atoms with E-state index in [4.69, 9.17) is 9.15 Å². The molecule has 0 saturated carbocycles. The van der Waals surface area contributed by atoms with Gasteiger partial charge in [-0.25, -0.2) is 9.78 Å². The molecule has 2 aromatic heterocycles. The molecule has 3 amide bonds. The van der Waals surface area contributed by atoms with Crippen LogP contribution in [0.25, 0.3) is 10.8 Å².